The van der Waals surface area contributed by atoms with Crippen LogP contribution in [0.3, 0.4) is 0 Å². The molecule has 0 aliphatic heterocycles. The third kappa shape index (κ3) is 5.03. The maximum Gasteiger partial charge on any atom is 0.356 e. The van der Waals surface area contributed by atoms with Gasteiger partial charge in [0.15, 0.2) is 11.4 Å². The van der Waals surface area contributed by atoms with Crippen LogP contribution in [0.5, 0.6) is 0 Å². The van der Waals surface area contributed by atoms with Crippen molar-refractivity contribution in [3.05, 3.63) is 23.8 Å². The summed E-state index contributed by atoms with van der Waals surface area (Å²) in [6, 6.07) is 0. The van der Waals surface area contributed by atoms with E-state index >= 15 is 0 Å². The molecule has 0 bridgehead atoms. The van der Waals surface area contributed by atoms with Gasteiger partial charge in [-0.3, -0.25) is 4.98 Å². The molecule has 0 spiro atoms. The quantitative estimate of drug-likeness (QED) is 0.601. The molecule has 0 unspecified atom stereocenters. The van der Waals surface area contributed by atoms with Crippen molar-refractivity contribution in [1.82, 2.24) is 9.97 Å². The van der Waals surface area contributed by atoms with Crippen LogP contribution in [0, 0.1) is 0 Å². The van der Waals surface area contributed by atoms with Crippen molar-refractivity contribution in [3.63, 3.8) is 0 Å². The normalized spacial score (nSPS) is 7.47. The fourth-order valence-electron chi connectivity index (χ4n) is 0.572. The number of rotatable bonds is 2. The molecule has 0 amide bonds. The molecule has 8 nitrogen and oxygen atoms in total. The summed E-state index contributed by atoms with van der Waals surface area (Å²) < 4.78 is 0. The zero-order valence-corrected chi connectivity index (χ0v) is 8.00. The third-order valence-electron chi connectivity index (χ3n) is 1.07. The molecule has 1 aromatic rings. The Kier molecular flexibility index (Phi) is 9.96. The second-order valence-corrected chi connectivity index (χ2v) is 1.90. The summed E-state index contributed by atoms with van der Waals surface area (Å²) in [5, 5.41) is 16.8. The molecule has 0 aliphatic carbocycles. The van der Waals surface area contributed by atoms with E-state index < -0.39 is 11.9 Å². The van der Waals surface area contributed by atoms with Crippen LogP contribution in [0.15, 0.2) is 12.4 Å². The number of hydrogen-bond acceptors (Lipinski definition) is 4. The van der Waals surface area contributed by atoms with E-state index in [0.29, 0.717) is 0 Å². The molecule has 0 fully saturated rings. The predicted octanol–water partition coefficient (Wildman–Crippen LogP) is -1.78. The third-order valence-corrected chi connectivity index (χ3v) is 1.07. The molecule has 0 saturated carbocycles. The van der Waals surface area contributed by atoms with Crippen LogP contribution < -0.4 is 0 Å². The number of carboxylic acids is 2. The van der Waals surface area contributed by atoms with Gasteiger partial charge in [0.25, 0.3) is 0 Å². The molecule has 0 aromatic carbocycles. The number of aromatic nitrogens is 2. The van der Waals surface area contributed by atoms with Gasteiger partial charge in [0.2, 0.25) is 0 Å². The van der Waals surface area contributed by atoms with Crippen LogP contribution >= 0.6 is 0 Å². The van der Waals surface area contributed by atoms with Crippen molar-refractivity contribution in [2.75, 3.05) is 0 Å². The van der Waals surface area contributed by atoms with Crippen LogP contribution in [-0.2, 0) is 17.1 Å². The SMILES string of the molecule is O.O.O=C(O)c1cncc(C(=O)O)n1.[Cu]. The van der Waals surface area contributed by atoms with E-state index in [0.717, 1.165) is 12.4 Å². The first-order valence-corrected chi connectivity index (χ1v) is 2.90. The molecule has 15 heavy (non-hydrogen) atoms. The molecule has 0 atom stereocenters. The summed E-state index contributed by atoms with van der Waals surface area (Å²) in [5.41, 5.74) is -0.759. The fourth-order valence-corrected chi connectivity index (χ4v) is 0.572. The molecular formula is C6H8CuN2O6. The Balaban J connectivity index is -0.000000480. The largest absolute Gasteiger partial charge is 0.476 e. The summed E-state index contributed by atoms with van der Waals surface area (Å²) in [6.45, 7) is 0. The van der Waals surface area contributed by atoms with E-state index in [1.807, 2.05) is 0 Å². The Morgan fingerprint density at radius 1 is 1.00 bits per heavy atom. The van der Waals surface area contributed by atoms with Gasteiger partial charge in [0.05, 0.1) is 12.4 Å². The van der Waals surface area contributed by atoms with Gasteiger partial charge in [0.1, 0.15) is 0 Å². The molecule has 89 valence electrons. The standard InChI is InChI=1S/C6H4N2O4.Cu.2H2O/c9-5(10)3-1-7-2-4(8-3)6(11)12;;;/h1-2H,(H,9,10)(H,11,12);;2*1H2. The second-order valence-electron chi connectivity index (χ2n) is 1.90. The van der Waals surface area contributed by atoms with Crippen LogP contribution in [0.2, 0.25) is 0 Å². The Bertz CT molecular complexity index is 315. The number of nitrogens with zero attached hydrogens (tertiary/aromatic N) is 2. The van der Waals surface area contributed by atoms with Gasteiger partial charge in [0, 0.05) is 17.1 Å². The molecule has 1 radical (unpaired) electrons. The van der Waals surface area contributed by atoms with Crippen molar-refractivity contribution < 1.29 is 47.8 Å². The summed E-state index contributed by atoms with van der Waals surface area (Å²) in [5.74, 6) is -2.60. The van der Waals surface area contributed by atoms with E-state index in [9.17, 15) is 9.59 Å². The Labute approximate surface area is 94.1 Å². The number of carboxylic acid groups (broad SMARTS) is 2. The van der Waals surface area contributed by atoms with Crippen molar-refractivity contribution in [1.29, 1.82) is 0 Å². The van der Waals surface area contributed by atoms with Crippen molar-refractivity contribution in [2.24, 2.45) is 0 Å². The number of carbonyl (C=O) groups is 2. The Morgan fingerprint density at radius 2 is 1.33 bits per heavy atom. The molecule has 6 N–H and O–H groups in total. The average Bonchev–Trinajstić information content (AvgIpc) is 2.04. The van der Waals surface area contributed by atoms with Gasteiger partial charge in [-0.1, -0.05) is 0 Å². The minimum Gasteiger partial charge on any atom is -0.476 e. The summed E-state index contributed by atoms with van der Waals surface area (Å²) in [4.78, 5) is 27.3. The van der Waals surface area contributed by atoms with Crippen molar-refractivity contribution in [3.8, 4) is 0 Å². The summed E-state index contributed by atoms with van der Waals surface area (Å²) in [6.07, 6.45) is 1.96. The Morgan fingerprint density at radius 3 is 1.60 bits per heavy atom. The second kappa shape index (κ2) is 7.83. The number of hydrogen-bond donors (Lipinski definition) is 2. The summed E-state index contributed by atoms with van der Waals surface area (Å²) in [7, 11) is 0. The molecule has 1 rings (SSSR count). The zero-order valence-electron chi connectivity index (χ0n) is 7.06. The van der Waals surface area contributed by atoms with Gasteiger partial charge in [-0.25, -0.2) is 14.6 Å². The van der Waals surface area contributed by atoms with Gasteiger partial charge < -0.3 is 21.2 Å². The fraction of sp³-hybridized carbons (Fsp3) is 0. The smallest absolute Gasteiger partial charge is 0.356 e. The molecule has 0 aliphatic rings. The van der Waals surface area contributed by atoms with E-state index in [4.69, 9.17) is 10.2 Å². The van der Waals surface area contributed by atoms with Crippen LogP contribution in [0.1, 0.15) is 21.0 Å². The summed E-state index contributed by atoms with van der Waals surface area (Å²) >= 11 is 0. The molecule has 0 saturated heterocycles. The molecule has 1 heterocycles. The van der Waals surface area contributed by atoms with E-state index in [1.165, 1.54) is 0 Å². The van der Waals surface area contributed by atoms with Crippen LogP contribution in [0.25, 0.3) is 0 Å². The van der Waals surface area contributed by atoms with E-state index in [1.54, 1.807) is 0 Å². The average molecular weight is 268 g/mol. The maximum absolute atomic E-state index is 10.3. The number of aromatic carboxylic acids is 2. The van der Waals surface area contributed by atoms with Gasteiger partial charge in [-0.05, 0) is 0 Å². The minimum absolute atomic E-state index is 0. The topological polar surface area (TPSA) is 163 Å². The first kappa shape index (κ1) is 19.1. The van der Waals surface area contributed by atoms with Gasteiger partial charge >= 0.3 is 11.9 Å². The molecular weight excluding hydrogens is 260 g/mol. The zero-order chi connectivity index (χ0) is 9.14. The first-order chi connectivity index (χ1) is 5.61. The first-order valence-electron chi connectivity index (χ1n) is 2.90. The molecule has 1 aromatic heterocycles. The predicted molar refractivity (Wildman–Crippen MR) is 43.2 cm³/mol. The van der Waals surface area contributed by atoms with Gasteiger partial charge in [-0.15, -0.1) is 0 Å². The van der Waals surface area contributed by atoms with Crippen molar-refractivity contribution in [2.45, 2.75) is 0 Å². The monoisotopic (exact) mass is 267 g/mol. The maximum atomic E-state index is 10.3. The van der Waals surface area contributed by atoms with Crippen LogP contribution in [0.4, 0.5) is 0 Å². The Hall–Kier alpha value is -1.54. The van der Waals surface area contributed by atoms with E-state index in [-0.39, 0.29) is 39.4 Å². The molecule has 9 heteroatoms. The van der Waals surface area contributed by atoms with Gasteiger partial charge in [-0.2, -0.15) is 0 Å². The minimum atomic E-state index is -1.30. The van der Waals surface area contributed by atoms with E-state index in [2.05, 4.69) is 9.97 Å². The van der Waals surface area contributed by atoms with Crippen molar-refractivity contribution >= 4 is 11.9 Å². The van der Waals surface area contributed by atoms with Crippen LogP contribution in [-0.4, -0.2) is 43.1 Å².